The number of benzene rings is 1. The molecule has 206 valence electrons. The van der Waals surface area contributed by atoms with Gasteiger partial charge in [0.25, 0.3) is 0 Å². The number of aromatic nitrogens is 4. The zero-order valence-electron chi connectivity index (χ0n) is 23.1. The van der Waals surface area contributed by atoms with Crippen LogP contribution in [-0.4, -0.2) is 44.3 Å². The number of halogens is 1. The van der Waals surface area contributed by atoms with Gasteiger partial charge in [0.15, 0.2) is 5.78 Å². The number of carbonyl (C=O) groups is 2. The molecule has 1 amide bonds. The van der Waals surface area contributed by atoms with Crippen LogP contribution < -0.4 is 10.5 Å². The third kappa shape index (κ3) is 5.94. The van der Waals surface area contributed by atoms with Crippen molar-refractivity contribution >= 4 is 17.5 Å². The number of fused-ring (bicyclic) bond motifs is 1. The minimum Gasteiger partial charge on any atom is -0.492 e. The second kappa shape index (κ2) is 10.9. The summed E-state index contributed by atoms with van der Waals surface area (Å²) in [5.41, 5.74) is 10.2. The molecule has 0 radical (unpaired) electrons. The van der Waals surface area contributed by atoms with Gasteiger partial charge >= 0.3 is 6.09 Å². The molecule has 0 saturated heterocycles. The van der Waals surface area contributed by atoms with Gasteiger partial charge in [-0.15, -0.1) is 0 Å². The average Bonchev–Trinajstić information content (AvgIpc) is 3.39. The molecule has 0 aliphatic carbocycles. The Labute approximate surface area is 226 Å². The van der Waals surface area contributed by atoms with Crippen LogP contribution in [0.4, 0.5) is 9.18 Å². The van der Waals surface area contributed by atoms with E-state index in [4.69, 9.17) is 15.2 Å². The van der Waals surface area contributed by atoms with E-state index >= 15 is 0 Å². The van der Waals surface area contributed by atoms with Gasteiger partial charge in [0, 0.05) is 72.8 Å². The van der Waals surface area contributed by atoms with Gasteiger partial charge in [-0.05, 0) is 36.6 Å². The summed E-state index contributed by atoms with van der Waals surface area (Å²) in [6.07, 6.45) is 3.30. The predicted octanol–water partition coefficient (Wildman–Crippen LogP) is 5.23. The van der Waals surface area contributed by atoms with Crippen LogP contribution in [0.25, 0.3) is 16.8 Å². The summed E-state index contributed by atoms with van der Waals surface area (Å²) < 4.78 is 29.2. The summed E-state index contributed by atoms with van der Waals surface area (Å²) in [5.74, 6) is -0.334. The smallest absolute Gasteiger partial charge is 0.404 e. The minimum atomic E-state index is -0.830. The summed E-state index contributed by atoms with van der Waals surface area (Å²) in [5, 5.41) is 4.31. The number of nitrogens with two attached hydrogens (primary N) is 1. The maximum Gasteiger partial charge on any atom is 0.404 e. The van der Waals surface area contributed by atoms with Gasteiger partial charge < -0.3 is 19.6 Å². The number of ketones is 1. The molecule has 9 nitrogen and oxygen atoms in total. The molecule has 0 spiro atoms. The average molecular weight is 536 g/mol. The summed E-state index contributed by atoms with van der Waals surface area (Å²) >= 11 is 0. The third-order valence-corrected chi connectivity index (χ3v) is 6.98. The highest BCUT2D eigenvalue weighted by Crippen LogP contribution is 2.37. The molecule has 3 aromatic heterocycles. The van der Waals surface area contributed by atoms with E-state index in [0.717, 1.165) is 28.2 Å². The lowest BCUT2D eigenvalue weighted by atomic mass is 9.79. The molecule has 4 rings (SSSR count). The van der Waals surface area contributed by atoms with Crippen molar-refractivity contribution in [2.75, 3.05) is 13.2 Å². The van der Waals surface area contributed by atoms with Crippen LogP contribution in [-0.2, 0) is 18.2 Å². The fraction of sp³-hybridized carbons (Fsp3) is 0.379. The summed E-state index contributed by atoms with van der Waals surface area (Å²) in [6.45, 7) is 9.90. The van der Waals surface area contributed by atoms with Gasteiger partial charge in [-0.3, -0.25) is 9.48 Å². The van der Waals surface area contributed by atoms with E-state index in [1.807, 2.05) is 29.7 Å². The highest BCUT2D eigenvalue weighted by Gasteiger charge is 2.30. The Bertz CT molecular complexity index is 1530. The van der Waals surface area contributed by atoms with Crippen molar-refractivity contribution < 1.29 is 23.5 Å². The number of hydrogen-bond donors (Lipinski definition) is 1. The lowest BCUT2D eigenvalue weighted by molar-refractivity contribution is 0.101. The lowest BCUT2D eigenvalue weighted by Gasteiger charge is -2.29. The van der Waals surface area contributed by atoms with Gasteiger partial charge in [0.1, 0.15) is 29.5 Å². The highest BCUT2D eigenvalue weighted by molar-refractivity contribution is 5.93. The molecule has 0 saturated carbocycles. The van der Waals surface area contributed by atoms with Gasteiger partial charge in [0.2, 0.25) is 0 Å². The number of nitrogens with zero attached hydrogens (tertiary/aromatic N) is 4. The molecule has 2 N–H and O–H groups in total. The first-order valence-electron chi connectivity index (χ1n) is 12.7. The van der Waals surface area contributed by atoms with Crippen LogP contribution in [0.3, 0.4) is 0 Å². The molecule has 4 aromatic rings. The van der Waals surface area contributed by atoms with Crippen molar-refractivity contribution in [3.63, 3.8) is 0 Å². The monoisotopic (exact) mass is 535 g/mol. The second-order valence-electron chi connectivity index (χ2n) is 10.7. The summed E-state index contributed by atoms with van der Waals surface area (Å²) in [7, 11) is 1.79. The van der Waals surface area contributed by atoms with Gasteiger partial charge in [-0.25, -0.2) is 14.2 Å². The highest BCUT2D eigenvalue weighted by atomic mass is 19.1. The van der Waals surface area contributed by atoms with Crippen LogP contribution in [0.2, 0.25) is 0 Å². The van der Waals surface area contributed by atoms with Crippen molar-refractivity contribution in [2.45, 2.75) is 47.0 Å². The molecule has 3 heterocycles. The number of amides is 1. The normalized spacial score (nSPS) is 12.5. The molecule has 0 aliphatic rings. The SMILES string of the molecule is CC(=O)c1nn(C)c(C)c1CCOc1cc(F)ccc1-c1ccc2ncc(C(COC(N)=O)C(C)(C)C)n2c1. The first kappa shape index (κ1) is 27.8. The topological polar surface area (TPSA) is 114 Å². The third-order valence-electron chi connectivity index (χ3n) is 6.98. The van der Waals surface area contributed by atoms with E-state index in [-0.39, 0.29) is 30.3 Å². The summed E-state index contributed by atoms with van der Waals surface area (Å²) in [6, 6.07) is 8.19. The zero-order chi connectivity index (χ0) is 28.5. The minimum absolute atomic E-state index is 0.109. The van der Waals surface area contributed by atoms with Gasteiger partial charge in [-0.1, -0.05) is 20.8 Å². The maximum atomic E-state index is 14.3. The quantitative estimate of drug-likeness (QED) is 0.294. The van der Waals surface area contributed by atoms with E-state index in [1.165, 1.54) is 19.1 Å². The molecule has 0 aliphatic heterocycles. The van der Waals surface area contributed by atoms with Gasteiger partial charge in [0.05, 0.1) is 6.61 Å². The Morgan fingerprint density at radius 3 is 2.59 bits per heavy atom. The molecular weight excluding hydrogens is 501 g/mol. The van der Waals surface area contributed by atoms with Crippen molar-refractivity contribution in [3.8, 4) is 16.9 Å². The number of pyridine rings is 1. The number of aryl methyl sites for hydroxylation is 1. The van der Waals surface area contributed by atoms with E-state index in [0.29, 0.717) is 23.4 Å². The van der Waals surface area contributed by atoms with Crippen molar-refractivity contribution in [1.29, 1.82) is 0 Å². The van der Waals surface area contributed by atoms with Crippen molar-refractivity contribution in [2.24, 2.45) is 18.2 Å². The molecule has 0 fully saturated rings. The van der Waals surface area contributed by atoms with Crippen LogP contribution >= 0.6 is 0 Å². The Hall–Kier alpha value is -4.21. The fourth-order valence-electron chi connectivity index (χ4n) is 4.71. The van der Waals surface area contributed by atoms with Crippen LogP contribution in [0, 0.1) is 18.2 Å². The number of Topliss-reactive ketones (excluding diaryl/α,β-unsaturated/α-hetero) is 1. The number of primary amides is 1. The molecule has 1 unspecified atom stereocenters. The lowest BCUT2D eigenvalue weighted by Crippen LogP contribution is -2.27. The largest absolute Gasteiger partial charge is 0.492 e. The molecule has 10 heteroatoms. The first-order valence-corrected chi connectivity index (χ1v) is 12.7. The molecular formula is C29H34FN5O4. The number of hydrogen-bond acceptors (Lipinski definition) is 6. The Morgan fingerprint density at radius 1 is 1.18 bits per heavy atom. The number of rotatable bonds is 9. The second-order valence-corrected chi connectivity index (χ2v) is 10.7. The zero-order valence-corrected chi connectivity index (χ0v) is 23.1. The Kier molecular flexibility index (Phi) is 7.76. The predicted molar refractivity (Wildman–Crippen MR) is 145 cm³/mol. The van der Waals surface area contributed by atoms with E-state index in [1.54, 1.807) is 24.0 Å². The maximum absolute atomic E-state index is 14.3. The van der Waals surface area contributed by atoms with E-state index in [2.05, 4.69) is 30.9 Å². The number of ether oxygens (including phenoxy) is 2. The molecule has 1 atom stereocenters. The molecule has 1 aromatic carbocycles. The fourth-order valence-corrected chi connectivity index (χ4v) is 4.71. The number of carbonyl (C=O) groups excluding carboxylic acids is 2. The summed E-state index contributed by atoms with van der Waals surface area (Å²) in [4.78, 5) is 27.9. The first-order chi connectivity index (χ1) is 18.4. The van der Waals surface area contributed by atoms with Crippen LogP contribution in [0.5, 0.6) is 5.75 Å². The van der Waals surface area contributed by atoms with Crippen LogP contribution in [0.15, 0.2) is 42.7 Å². The van der Waals surface area contributed by atoms with Crippen molar-refractivity contribution in [3.05, 3.63) is 71.2 Å². The Balaban J connectivity index is 1.66. The molecule has 0 bridgehead atoms. The number of imidazole rings is 1. The van der Waals surface area contributed by atoms with Gasteiger partial charge in [-0.2, -0.15) is 5.10 Å². The Morgan fingerprint density at radius 2 is 1.92 bits per heavy atom. The van der Waals surface area contributed by atoms with Crippen molar-refractivity contribution in [1.82, 2.24) is 19.2 Å². The van der Waals surface area contributed by atoms with E-state index in [9.17, 15) is 14.0 Å². The molecule has 39 heavy (non-hydrogen) atoms. The van der Waals surface area contributed by atoms with E-state index < -0.39 is 11.9 Å². The standard InChI is InChI=1S/C29H34FN5O4/c1-17-21(27(18(2)36)33-34(17)6)11-12-38-25-13-20(30)8-9-22(25)19-7-10-26-32-14-24(35(26)15-19)23(29(3,4)5)16-39-28(31)37/h7-10,13-15,23H,11-12,16H2,1-6H3,(H2,31,37). The van der Waals surface area contributed by atoms with Crippen LogP contribution in [0.1, 0.15) is 61.1 Å².